The molecule has 2 aromatic heterocycles. The van der Waals surface area contributed by atoms with Gasteiger partial charge in [-0.05, 0) is 17.7 Å². The van der Waals surface area contributed by atoms with Gasteiger partial charge < -0.3 is 4.42 Å². The van der Waals surface area contributed by atoms with Crippen LogP contribution in [0.2, 0.25) is 0 Å². The lowest BCUT2D eigenvalue weighted by atomic mass is 9.95. The van der Waals surface area contributed by atoms with Gasteiger partial charge in [0, 0.05) is 17.1 Å². The van der Waals surface area contributed by atoms with Crippen LogP contribution in [0.15, 0.2) is 76.1 Å². The summed E-state index contributed by atoms with van der Waals surface area (Å²) in [5, 5.41) is 7.71. The van der Waals surface area contributed by atoms with E-state index in [2.05, 4.69) is 10.2 Å². The predicted molar refractivity (Wildman–Crippen MR) is 85.5 cm³/mol. The second-order valence-corrected chi connectivity index (χ2v) is 4.97. The fraction of sp³-hybridized carbons (Fsp3) is 0. The van der Waals surface area contributed by atoms with Gasteiger partial charge in [-0.2, -0.15) is 5.10 Å². The van der Waals surface area contributed by atoms with Crippen LogP contribution in [0.5, 0.6) is 0 Å². The first-order valence-electron chi connectivity index (χ1n) is 6.95. The van der Waals surface area contributed by atoms with Crippen molar-refractivity contribution in [2.75, 3.05) is 0 Å². The SMILES string of the molecule is O=c1oc2ccccc2c(-c2ccccc2)c1-c1ccn[nH]1. The minimum Gasteiger partial charge on any atom is -0.422 e. The van der Waals surface area contributed by atoms with Crippen LogP contribution in [-0.4, -0.2) is 10.2 Å². The van der Waals surface area contributed by atoms with E-state index in [4.69, 9.17) is 4.42 Å². The van der Waals surface area contributed by atoms with E-state index >= 15 is 0 Å². The van der Waals surface area contributed by atoms with E-state index in [-0.39, 0.29) is 5.63 Å². The molecule has 4 heteroatoms. The van der Waals surface area contributed by atoms with Crippen LogP contribution < -0.4 is 5.63 Å². The first kappa shape index (κ1) is 12.6. The Labute approximate surface area is 126 Å². The molecule has 0 aliphatic heterocycles. The van der Waals surface area contributed by atoms with Gasteiger partial charge in [0.15, 0.2) is 0 Å². The third-order valence-corrected chi connectivity index (χ3v) is 3.65. The summed E-state index contributed by atoms with van der Waals surface area (Å²) < 4.78 is 5.48. The lowest BCUT2D eigenvalue weighted by Crippen LogP contribution is -2.06. The van der Waals surface area contributed by atoms with Crippen molar-refractivity contribution in [1.29, 1.82) is 0 Å². The van der Waals surface area contributed by atoms with Gasteiger partial charge in [0.25, 0.3) is 0 Å². The zero-order valence-corrected chi connectivity index (χ0v) is 11.6. The molecule has 0 fully saturated rings. The zero-order chi connectivity index (χ0) is 14.9. The maximum Gasteiger partial charge on any atom is 0.346 e. The van der Waals surface area contributed by atoms with Gasteiger partial charge in [-0.15, -0.1) is 0 Å². The molecular formula is C18H12N2O2. The van der Waals surface area contributed by atoms with E-state index in [9.17, 15) is 4.79 Å². The Kier molecular flexibility index (Phi) is 2.86. The summed E-state index contributed by atoms with van der Waals surface area (Å²) >= 11 is 0. The van der Waals surface area contributed by atoms with E-state index in [0.717, 1.165) is 16.5 Å². The number of H-pyrrole nitrogens is 1. The number of para-hydroxylation sites is 1. The van der Waals surface area contributed by atoms with Gasteiger partial charge in [-0.25, -0.2) is 4.79 Å². The van der Waals surface area contributed by atoms with Crippen LogP contribution in [0.4, 0.5) is 0 Å². The summed E-state index contributed by atoms with van der Waals surface area (Å²) in [5.41, 5.74) is 3.19. The van der Waals surface area contributed by atoms with Crippen LogP contribution in [-0.2, 0) is 0 Å². The molecule has 0 aliphatic carbocycles. The zero-order valence-electron chi connectivity index (χ0n) is 11.6. The topological polar surface area (TPSA) is 58.9 Å². The second kappa shape index (κ2) is 5.00. The number of nitrogens with zero attached hydrogens (tertiary/aromatic N) is 1. The van der Waals surface area contributed by atoms with Crippen LogP contribution in [0.1, 0.15) is 0 Å². The molecule has 1 N–H and O–H groups in total. The van der Waals surface area contributed by atoms with E-state index in [1.165, 1.54) is 0 Å². The fourth-order valence-electron chi connectivity index (χ4n) is 2.69. The molecule has 2 aromatic carbocycles. The molecular weight excluding hydrogens is 276 g/mol. The third-order valence-electron chi connectivity index (χ3n) is 3.65. The van der Waals surface area contributed by atoms with Gasteiger partial charge in [-0.1, -0.05) is 48.5 Å². The van der Waals surface area contributed by atoms with Crippen LogP contribution in [0.25, 0.3) is 33.4 Å². The first-order valence-corrected chi connectivity index (χ1v) is 6.95. The number of nitrogens with one attached hydrogen (secondary N) is 1. The van der Waals surface area contributed by atoms with Gasteiger partial charge in [0.05, 0.1) is 11.3 Å². The van der Waals surface area contributed by atoms with Crippen molar-refractivity contribution in [2.24, 2.45) is 0 Å². The smallest absolute Gasteiger partial charge is 0.346 e. The molecule has 2 heterocycles. The molecule has 0 bridgehead atoms. The normalized spacial score (nSPS) is 10.9. The van der Waals surface area contributed by atoms with E-state index in [1.54, 1.807) is 18.3 Å². The summed E-state index contributed by atoms with van der Waals surface area (Å²) in [5.74, 6) is 0. The Hall–Kier alpha value is -3.14. The molecule has 0 radical (unpaired) electrons. The monoisotopic (exact) mass is 288 g/mol. The summed E-state index contributed by atoms with van der Waals surface area (Å²) in [7, 11) is 0. The molecule has 0 spiro atoms. The fourth-order valence-corrected chi connectivity index (χ4v) is 2.69. The molecule has 22 heavy (non-hydrogen) atoms. The Bertz CT molecular complexity index is 987. The average Bonchev–Trinajstić information content (AvgIpc) is 3.08. The highest BCUT2D eigenvalue weighted by Crippen LogP contribution is 2.34. The largest absolute Gasteiger partial charge is 0.422 e. The quantitative estimate of drug-likeness (QED) is 0.570. The van der Waals surface area contributed by atoms with Crippen molar-refractivity contribution >= 4 is 11.0 Å². The highest BCUT2D eigenvalue weighted by molar-refractivity contribution is 6.00. The maximum atomic E-state index is 12.5. The molecule has 0 unspecified atom stereocenters. The Balaban J connectivity index is 2.19. The Morgan fingerprint density at radius 1 is 0.864 bits per heavy atom. The third kappa shape index (κ3) is 1.93. The number of aromatic amines is 1. The van der Waals surface area contributed by atoms with E-state index < -0.39 is 0 Å². The number of rotatable bonds is 2. The minimum absolute atomic E-state index is 0.373. The molecule has 4 nitrogen and oxygen atoms in total. The second-order valence-electron chi connectivity index (χ2n) is 4.97. The highest BCUT2D eigenvalue weighted by Gasteiger charge is 2.18. The molecule has 4 aromatic rings. The lowest BCUT2D eigenvalue weighted by molar-refractivity contribution is 0.563. The number of hydrogen-bond donors (Lipinski definition) is 1. The molecule has 106 valence electrons. The lowest BCUT2D eigenvalue weighted by Gasteiger charge is -2.10. The summed E-state index contributed by atoms with van der Waals surface area (Å²) in [4.78, 5) is 12.5. The summed E-state index contributed by atoms with van der Waals surface area (Å²) in [6.45, 7) is 0. The van der Waals surface area contributed by atoms with Crippen molar-refractivity contribution < 1.29 is 4.42 Å². The summed E-state index contributed by atoms with van der Waals surface area (Å²) in [6.07, 6.45) is 1.62. The molecule has 0 saturated heterocycles. The number of fused-ring (bicyclic) bond motifs is 1. The molecule has 0 atom stereocenters. The van der Waals surface area contributed by atoms with Gasteiger partial charge in [0.1, 0.15) is 5.58 Å². The Morgan fingerprint density at radius 3 is 2.41 bits per heavy atom. The predicted octanol–water partition coefficient (Wildman–Crippen LogP) is 3.85. The molecule has 4 rings (SSSR count). The van der Waals surface area contributed by atoms with Gasteiger partial charge >= 0.3 is 5.63 Å². The van der Waals surface area contributed by atoms with Crippen LogP contribution >= 0.6 is 0 Å². The van der Waals surface area contributed by atoms with Gasteiger partial charge in [-0.3, -0.25) is 5.10 Å². The summed E-state index contributed by atoms with van der Waals surface area (Å²) in [6, 6.07) is 19.2. The van der Waals surface area contributed by atoms with E-state index in [1.807, 2.05) is 48.5 Å². The van der Waals surface area contributed by atoms with Crippen molar-refractivity contribution in [3.8, 4) is 22.4 Å². The average molecular weight is 288 g/mol. The van der Waals surface area contributed by atoms with Crippen molar-refractivity contribution in [2.45, 2.75) is 0 Å². The van der Waals surface area contributed by atoms with E-state index in [0.29, 0.717) is 16.8 Å². The first-order chi connectivity index (χ1) is 10.8. The van der Waals surface area contributed by atoms with Crippen LogP contribution in [0, 0.1) is 0 Å². The van der Waals surface area contributed by atoms with Crippen LogP contribution in [0.3, 0.4) is 0 Å². The molecule has 0 aliphatic rings. The maximum absolute atomic E-state index is 12.5. The van der Waals surface area contributed by atoms with Crippen molar-refractivity contribution in [3.63, 3.8) is 0 Å². The van der Waals surface area contributed by atoms with Crippen molar-refractivity contribution in [1.82, 2.24) is 10.2 Å². The number of hydrogen-bond acceptors (Lipinski definition) is 3. The molecule has 0 saturated carbocycles. The van der Waals surface area contributed by atoms with Crippen molar-refractivity contribution in [3.05, 3.63) is 77.3 Å². The standard InChI is InChI=1S/C18H12N2O2/c21-18-17(14-10-11-19-20-14)16(12-6-2-1-3-7-12)13-8-4-5-9-15(13)22-18/h1-11H,(H,19,20). The minimum atomic E-state index is -0.373. The Morgan fingerprint density at radius 2 is 1.64 bits per heavy atom. The number of aromatic nitrogens is 2. The highest BCUT2D eigenvalue weighted by atomic mass is 16.4. The number of benzene rings is 2. The van der Waals surface area contributed by atoms with Gasteiger partial charge in [0.2, 0.25) is 0 Å². The molecule has 0 amide bonds.